The van der Waals surface area contributed by atoms with Crippen molar-refractivity contribution in [3.8, 4) is 42.5 Å². The normalized spacial score (nSPS) is 14.1. The number of nitrogens with zero attached hydrogens (tertiary/aromatic N) is 1. The fraction of sp³-hybridized carbons (Fsp3) is 0.588. The molecule has 2 amide bonds. The number of fused-ring (bicyclic) bond motifs is 5. The predicted octanol–water partition coefficient (Wildman–Crippen LogP) is 21.7. The van der Waals surface area contributed by atoms with Crippen molar-refractivity contribution in [3.05, 3.63) is 45.1 Å². The molecule has 16 heteroatoms. The van der Waals surface area contributed by atoms with E-state index < -0.39 is 11.9 Å². The van der Waals surface area contributed by atoms with Crippen LogP contribution in [0.1, 0.15) is 244 Å². The van der Waals surface area contributed by atoms with E-state index in [9.17, 15) is 19.8 Å². The van der Waals surface area contributed by atoms with Gasteiger partial charge in [0.1, 0.15) is 32.8 Å². The second kappa shape index (κ2) is 31.3. The average Bonchev–Trinajstić information content (AvgIpc) is 2.17. The van der Waals surface area contributed by atoms with Crippen molar-refractivity contribution in [1.82, 2.24) is 4.90 Å². The van der Waals surface area contributed by atoms with Crippen LogP contribution in [0.3, 0.4) is 0 Å². The zero-order valence-corrected chi connectivity index (χ0v) is 55.4. The van der Waals surface area contributed by atoms with Gasteiger partial charge in [0, 0.05) is 37.8 Å². The lowest BCUT2D eigenvalue weighted by Crippen LogP contribution is -2.31. The minimum atomic E-state index is -1.01. The highest BCUT2D eigenvalue weighted by molar-refractivity contribution is 7.31. The number of hydrogen-bond donors (Lipinski definition) is 2. The monoisotopic (exact) mass is 1240 g/mol. The van der Waals surface area contributed by atoms with Crippen molar-refractivity contribution in [2.45, 2.75) is 204 Å². The van der Waals surface area contributed by atoms with Crippen molar-refractivity contribution in [2.75, 3.05) is 33.0 Å². The molecule has 0 spiro atoms. The maximum absolute atomic E-state index is 15.3. The van der Waals surface area contributed by atoms with Gasteiger partial charge in [0.15, 0.2) is 0 Å². The Morgan fingerprint density at radius 2 is 0.726 bits per heavy atom. The molecule has 0 aliphatic carbocycles. The molecule has 4 unspecified atom stereocenters. The summed E-state index contributed by atoms with van der Waals surface area (Å²) in [5.74, 6) is 1.07. The van der Waals surface area contributed by atoms with Crippen LogP contribution in [0.25, 0.3) is 59.9 Å². The minimum Gasteiger partial charge on any atom is -0.491 e. The van der Waals surface area contributed by atoms with Gasteiger partial charge in [-0.3, -0.25) is 14.5 Å². The average molecular weight is 1240 g/mol. The molecule has 0 bridgehead atoms. The van der Waals surface area contributed by atoms with E-state index in [-0.39, 0.29) is 21.6 Å². The van der Waals surface area contributed by atoms with Crippen LogP contribution < -0.4 is 18.9 Å². The van der Waals surface area contributed by atoms with Crippen LogP contribution in [-0.2, 0) is 0 Å². The number of carbonyl (C=O) groups is 4. The Balaban J connectivity index is 1.37. The summed E-state index contributed by atoms with van der Waals surface area (Å²) in [5.41, 5.74) is 0.796. The van der Waals surface area contributed by atoms with E-state index in [0.29, 0.717) is 118 Å². The first-order valence-corrected chi connectivity index (χ1v) is 35.9. The molecule has 4 atom stereocenters. The Morgan fingerprint density at radius 3 is 1.05 bits per heavy atom. The first kappa shape index (κ1) is 65.2. The van der Waals surface area contributed by atoms with Crippen LogP contribution >= 0.6 is 56.7 Å². The third-order valence-corrected chi connectivity index (χ3v) is 23.3. The maximum Gasteiger partial charge on any atom is 0.345 e. The smallest absolute Gasteiger partial charge is 0.345 e. The van der Waals surface area contributed by atoms with Gasteiger partial charge < -0.3 is 29.2 Å². The second-order valence-corrected chi connectivity index (χ2v) is 28.5. The fourth-order valence-corrected chi connectivity index (χ4v) is 17.5. The topological polar surface area (TPSA) is 149 Å². The Morgan fingerprint density at radius 1 is 0.417 bits per heavy atom. The third kappa shape index (κ3) is 14.6. The van der Waals surface area contributed by atoms with Gasteiger partial charge in [0.2, 0.25) is 0 Å². The summed E-state index contributed by atoms with van der Waals surface area (Å²) in [6, 6.07) is 7.66. The fourth-order valence-electron chi connectivity index (χ4n) is 11.6. The summed E-state index contributed by atoms with van der Waals surface area (Å²) in [4.78, 5) is 61.1. The van der Waals surface area contributed by atoms with E-state index in [2.05, 4.69) is 74.4 Å². The summed E-state index contributed by atoms with van der Waals surface area (Å²) in [6.07, 6.45) is 22.5. The van der Waals surface area contributed by atoms with Gasteiger partial charge in [-0.15, -0.1) is 56.7 Å². The van der Waals surface area contributed by atoms with Crippen molar-refractivity contribution in [3.63, 3.8) is 0 Å². The lowest BCUT2D eigenvalue weighted by molar-refractivity contribution is 0.0646. The lowest BCUT2D eigenvalue weighted by atomic mass is 10.0. The highest BCUT2D eigenvalue weighted by Crippen LogP contribution is 2.58. The number of aromatic carboxylic acids is 2. The summed E-state index contributed by atoms with van der Waals surface area (Å²) < 4.78 is 31.1. The molecule has 2 N–H and O–H groups in total. The quantitative estimate of drug-likeness (QED) is 0.0282. The number of carboxylic acid groups (broad SMARTS) is 2. The van der Waals surface area contributed by atoms with Gasteiger partial charge in [-0.25, -0.2) is 9.59 Å². The van der Waals surface area contributed by atoms with Crippen LogP contribution in [0.15, 0.2) is 24.3 Å². The number of rotatable bonds is 39. The molecule has 0 saturated heterocycles. The van der Waals surface area contributed by atoms with E-state index in [0.717, 1.165) is 174 Å². The van der Waals surface area contributed by atoms with Crippen molar-refractivity contribution < 1.29 is 48.3 Å². The molecule has 0 radical (unpaired) electrons. The van der Waals surface area contributed by atoms with Crippen molar-refractivity contribution >= 4 is 121 Å². The van der Waals surface area contributed by atoms with Crippen LogP contribution in [-0.4, -0.2) is 71.8 Å². The van der Waals surface area contributed by atoms with Crippen molar-refractivity contribution in [1.29, 1.82) is 0 Å². The van der Waals surface area contributed by atoms with Gasteiger partial charge in [-0.2, -0.15) is 0 Å². The number of hydrogen-bond acceptors (Lipinski definition) is 13. The largest absolute Gasteiger partial charge is 0.491 e. The third-order valence-electron chi connectivity index (χ3n) is 17.2. The highest BCUT2D eigenvalue weighted by atomic mass is 32.1. The lowest BCUT2D eigenvalue weighted by Gasteiger charge is -2.19. The maximum atomic E-state index is 15.3. The summed E-state index contributed by atoms with van der Waals surface area (Å²) >= 11 is 6.90. The molecule has 7 aromatic rings. The van der Waals surface area contributed by atoms with E-state index in [1.807, 2.05) is 0 Å². The van der Waals surface area contributed by atoms with Gasteiger partial charge in [0.05, 0.1) is 66.1 Å². The molecule has 11 nitrogen and oxygen atoms in total. The van der Waals surface area contributed by atoms with Crippen LogP contribution in [0.4, 0.5) is 0 Å². The number of unbranched alkanes of at least 4 members (excludes halogenated alkanes) is 9. The van der Waals surface area contributed by atoms with Gasteiger partial charge in [-0.05, 0) is 80.0 Å². The SMILES string of the molecule is CCCCCCCCN1C(=O)c2c(-c3cc4c(OCC(CC)CCCC)c5sc(C(=O)O)cc5c(OCC(CC)CCCC)c4s3)sc(-c3cc4c(OCC(CC)CCCC)c5sc(C(=O)O)cc5c(OCC(CC)CCCC)c4s3)c2C1=O. The second-order valence-electron chi connectivity index (χ2n) is 23.3. The molecule has 8 rings (SSSR count). The Bertz CT molecular complexity index is 3000. The standard InChI is InChI=1S/C68H91NO10S5/c1-10-19-24-25-26-27-32-69-65(70)53-54(66(69)71)64(50-34-46-56(77-38-42(16-7)29-21-12-3)62-48(36-52(83-62)68(74)75)58(60(46)81-50)79-40-44(18-9)31-23-14-5)84-63(53)49-33-45-55(76-37-41(15-6)28-20-11-2)61-47(35-51(82-61)67(72)73)57(59(45)80-49)78-39-43(17-8)30-22-13-4/h33-36,41-44H,10-32,37-40H2,1-9H3,(H,72,73)(H,74,75). The zero-order chi connectivity index (χ0) is 60.0. The van der Waals surface area contributed by atoms with Gasteiger partial charge in [0.25, 0.3) is 11.8 Å². The van der Waals surface area contributed by atoms with E-state index in [1.54, 1.807) is 12.1 Å². The molecule has 5 aromatic heterocycles. The number of carbonyl (C=O) groups excluding carboxylic acids is 2. The first-order chi connectivity index (χ1) is 40.8. The molecular weight excluding hydrogens is 1150 g/mol. The Kier molecular flexibility index (Phi) is 24.3. The molecule has 0 fully saturated rings. The molecule has 2 aromatic carbocycles. The van der Waals surface area contributed by atoms with E-state index in [1.165, 1.54) is 61.6 Å². The number of ether oxygens (including phenoxy) is 4. The summed E-state index contributed by atoms with van der Waals surface area (Å²) in [6.45, 7) is 21.9. The van der Waals surface area contributed by atoms with Gasteiger partial charge in [-0.1, -0.05) is 171 Å². The number of carboxylic acids is 2. The zero-order valence-electron chi connectivity index (χ0n) is 51.4. The molecule has 458 valence electrons. The Labute approximate surface area is 518 Å². The molecule has 1 aliphatic heterocycles. The van der Waals surface area contributed by atoms with Crippen LogP contribution in [0, 0.1) is 23.7 Å². The summed E-state index contributed by atoms with van der Waals surface area (Å²) in [5, 5.41) is 23.9. The van der Waals surface area contributed by atoms with Crippen LogP contribution in [0.5, 0.6) is 23.0 Å². The Hall–Kier alpha value is -4.74. The highest BCUT2D eigenvalue weighted by Gasteiger charge is 2.43. The van der Waals surface area contributed by atoms with Crippen LogP contribution in [0.2, 0.25) is 0 Å². The van der Waals surface area contributed by atoms with Crippen molar-refractivity contribution in [2.24, 2.45) is 23.7 Å². The number of amides is 2. The molecule has 6 heterocycles. The van der Waals surface area contributed by atoms with E-state index >= 15 is 9.59 Å². The minimum absolute atomic E-state index is 0.208. The predicted molar refractivity (Wildman–Crippen MR) is 355 cm³/mol. The number of thiophene rings is 5. The molecule has 0 saturated carbocycles. The molecule has 1 aliphatic rings. The molecular formula is C68H91NO10S5. The van der Waals surface area contributed by atoms with E-state index in [4.69, 9.17) is 18.9 Å². The molecule has 84 heavy (non-hydrogen) atoms. The van der Waals surface area contributed by atoms with Gasteiger partial charge >= 0.3 is 11.9 Å². The summed E-state index contributed by atoms with van der Waals surface area (Å²) in [7, 11) is 0. The first-order valence-electron chi connectivity index (χ1n) is 31.9. The number of imide groups is 1. The number of benzene rings is 2.